The number of hydrazine groups is 1. The van der Waals surface area contributed by atoms with E-state index in [0.29, 0.717) is 16.1 Å². The van der Waals surface area contributed by atoms with Crippen LogP contribution in [0.25, 0.3) is 0 Å². The highest BCUT2D eigenvalue weighted by atomic mass is 35.5. The number of rotatable bonds is 5. The smallest absolute Gasteiger partial charge is 0.0773 e. The Hall–Kier alpha value is -0.390. The van der Waals surface area contributed by atoms with Gasteiger partial charge in [0.05, 0.1) is 27.9 Å². The van der Waals surface area contributed by atoms with E-state index >= 15 is 0 Å². The topological polar surface area (TPSA) is 60.2 Å². The summed E-state index contributed by atoms with van der Waals surface area (Å²) >= 11 is 12.0. The SMILES string of the molecule is NNC(CCC1CCCO1)c1ncc(Cl)cc1Cl. The van der Waals surface area contributed by atoms with Crippen LogP contribution in [0.3, 0.4) is 0 Å². The summed E-state index contributed by atoms with van der Waals surface area (Å²) in [5, 5.41) is 1.07. The van der Waals surface area contributed by atoms with Gasteiger partial charge in [0.25, 0.3) is 0 Å². The van der Waals surface area contributed by atoms with Crippen LogP contribution in [-0.2, 0) is 4.74 Å². The van der Waals surface area contributed by atoms with Gasteiger partial charge in [-0.2, -0.15) is 0 Å². The summed E-state index contributed by atoms with van der Waals surface area (Å²) in [6.45, 7) is 0.866. The first-order valence-electron chi connectivity index (χ1n) is 6.09. The monoisotopic (exact) mass is 289 g/mol. The fourth-order valence-corrected chi connectivity index (χ4v) is 2.72. The van der Waals surface area contributed by atoms with Crippen LogP contribution in [-0.4, -0.2) is 17.7 Å². The average Bonchev–Trinajstić information content (AvgIpc) is 2.85. The van der Waals surface area contributed by atoms with Crippen LogP contribution >= 0.6 is 23.2 Å². The van der Waals surface area contributed by atoms with Crippen molar-refractivity contribution in [3.05, 3.63) is 28.0 Å². The molecule has 2 rings (SSSR count). The highest BCUT2D eigenvalue weighted by molar-refractivity contribution is 6.34. The Kier molecular flexibility index (Phi) is 5.21. The van der Waals surface area contributed by atoms with Gasteiger partial charge in [-0.1, -0.05) is 23.2 Å². The third-order valence-electron chi connectivity index (χ3n) is 3.17. The molecule has 0 aromatic carbocycles. The second-order valence-electron chi connectivity index (χ2n) is 4.45. The number of nitrogens with zero attached hydrogens (tertiary/aromatic N) is 1. The minimum atomic E-state index is -0.0704. The summed E-state index contributed by atoms with van der Waals surface area (Å²) in [7, 11) is 0. The van der Waals surface area contributed by atoms with Gasteiger partial charge in [0.2, 0.25) is 0 Å². The number of ether oxygens (including phenoxy) is 1. The Bertz CT molecular complexity index is 397. The zero-order chi connectivity index (χ0) is 13.0. The van der Waals surface area contributed by atoms with Gasteiger partial charge in [0.1, 0.15) is 0 Å². The Labute approximate surface area is 117 Å². The number of pyridine rings is 1. The van der Waals surface area contributed by atoms with Gasteiger partial charge in [0.15, 0.2) is 0 Å². The summed E-state index contributed by atoms with van der Waals surface area (Å²) in [5.74, 6) is 5.57. The molecule has 2 unspecified atom stereocenters. The lowest BCUT2D eigenvalue weighted by molar-refractivity contribution is 0.0995. The Morgan fingerprint density at radius 3 is 3.00 bits per heavy atom. The summed E-state index contributed by atoms with van der Waals surface area (Å²) in [6, 6.07) is 1.61. The molecule has 0 spiro atoms. The molecule has 2 heterocycles. The van der Waals surface area contributed by atoms with Crippen molar-refractivity contribution in [2.24, 2.45) is 5.84 Å². The first-order valence-corrected chi connectivity index (χ1v) is 6.85. The maximum absolute atomic E-state index is 6.12. The minimum absolute atomic E-state index is 0.0704. The van der Waals surface area contributed by atoms with Crippen LogP contribution in [0.5, 0.6) is 0 Å². The van der Waals surface area contributed by atoms with Gasteiger partial charge in [-0.15, -0.1) is 0 Å². The van der Waals surface area contributed by atoms with Crippen LogP contribution in [0.15, 0.2) is 12.3 Å². The third kappa shape index (κ3) is 3.56. The molecule has 6 heteroatoms. The number of nitrogens with one attached hydrogen (secondary N) is 1. The molecule has 4 nitrogen and oxygen atoms in total. The molecule has 0 radical (unpaired) electrons. The fraction of sp³-hybridized carbons (Fsp3) is 0.583. The molecule has 0 saturated carbocycles. The van der Waals surface area contributed by atoms with E-state index in [4.69, 9.17) is 33.8 Å². The standard InChI is InChI=1S/C12H17Cl2N3O/c13-8-6-10(14)12(16-7-8)11(17-15)4-3-9-2-1-5-18-9/h6-7,9,11,17H,1-5,15H2. The molecular weight excluding hydrogens is 273 g/mol. The number of nitrogens with two attached hydrogens (primary N) is 1. The van der Waals surface area contributed by atoms with E-state index in [1.165, 1.54) is 0 Å². The Morgan fingerprint density at radius 2 is 2.39 bits per heavy atom. The van der Waals surface area contributed by atoms with Gasteiger partial charge in [-0.05, 0) is 31.7 Å². The molecule has 0 amide bonds. The van der Waals surface area contributed by atoms with E-state index in [2.05, 4.69) is 10.4 Å². The summed E-state index contributed by atoms with van der Waals surface area (Å²) < 4.78 is 5.59. The van der Waals surface area contributed by atoms with Gasteiger partial charge in [0, 0.05) is 12.8 Å². The van der Waals surface area contributed by atoms with Crippen molar-refractivity contribution in [3.8, 4) is 0 Å². The predicted molar refractivity (Wildman–Crippen MR) is 72.5 cm³/mol. The van der Waals surface area contributed by atoms with Crippen molar-refractivity contribution < 1.29 is 4.74 Å². The maximum Gasteiger partial charge on any atom is 0.0773 e. The predicted octanol–water partition coefficient (Wildman–Crippen LogP) is 2.85. The van der Waals surface area contributed by atoms with E-state index in [1.54, 1.807) is 12.3 Å². The molecular formula is C12H17Cl2N3O. The highest BCUT2D eigenvalue weighted by Gasteiger charge is 2.20. The van der Waals surface area contributed by atoms with Gasteiger partial charge in [-0.25, -0.2) is 0 Å². The quantitative estimate of drug-likeness (QED) is 0.646. The van der Waals surface area contributed by atoms with Crippen molar-refractivity contribution in [2.45, 2.75) is 37.8 Å². The second kappa shape index (κ2) is 6.68. The molecule has 1 aliphatic rings. The zero-order valence-electron chi connectivity index (χ0n) is 10.0. The third-order valence-corrected chi connectivity index (χ3v) is 3.68. The van der Waals surface area contributed by atoms with Crippen molar-refractivity contribution in [2.75, 3.05) is 6.61 Å². The summed E-state index contributed by atoms with van der Waals surface area (Å²) in [4.78, 5) is 4.25. The molecule has 2 atom stereocenters. The van der Waals surface area contributed by atoms with Crippen molar-refractivity contribution in [3.63, 3.8) is 0 Å². The molecule has 1 aromatic rings. The average molecular weight is 290 g/mol. The van der Waals surface area contributed by atoms with Crippen molar-refractivity contribution >= 4 is 23.2 Å². The van der Waals surface area contributed by atoms with Crippen LogP contribution < -0.4 is 11.3 Å². The molecule has 1 saturated heterocycles. The van der Waals surface area contributed by atoms with Gasteiger partial charge < -0.3 is 4.74 Å². The number of halogens is 2. The largest absolute Gasteiger partial charge is 0.378 e. The van der Waals surface area contributed by atoms with E-state index in [1.807, 2.05) is 0 Å². The highest BCUT2D eigenvalue weighted by Crippen LogP contribution is 2.28. The Balaban J connectivity index is 1.98. The molecule has 1 aromatic heterocycles. The van der Waals surface area contributed by atoms with Gasteiger partial charge in [-0.3, -0.25) is 16.3 Å². The number of aromatic nitrogens is 1. The first-order chi connectivity index (χ1) is 8.70. The molecule has 3 N–H and O–H groups in total. The fourth-order valence-electron chi connectivity index (χ4n) is 2.21. The normalized spacial score (nSPS) is 21.2. The lowest BCUT2D eigenvalue weighted by Crippen LogP contribution is -2.29. The molecule has 0 bridgehead atoms. The van der Waals surface area contributed by atoms with Gasteiger partial charge >= 0.3 is 0 Å². The zero-order valence-corrected chi connectivity index (χ0v) is 11.5. The molecule has 18 heavy (non-hydrogen) atoms. The molecule has 1 aliphatic heterocycles. The number of hydrogen-bond donors (Lipinski definition) is 2. The number of hydrogen-bond acceptors (Lipinski definition) is 4. The summed E-state index contributed by atoms with van der Waals surface area (Å²) in [6.07, 6.45) is 5.99. The van der Waals surface area contributed by atoms with Crippen molar-refractivity contribution in [1.82, 2.24) is 10.4 Å². The molecule has 1 fully saturated rings. The van der Waals surface area contributed by atoms with Crippen LogP contribution in [0.4, 0.5) is 0 Å². The van der Waals surface area contributed by atoms with Crippen LogP contribution in [0, 0.1) is 0 Å². The van der Waals surface area contributed by atoms with E-state index in [9.17, 15) is 0 Å². The van der Waals surface area contributed by atoms with E-state index in [0.717, 1.165) is 38.0 Å². The maximum atomic E-state index is 6.12. The van der Waals surface area contributed by atoms with Crippen LogP contribution in [0.2, 0.25) is 10.0 Å². The lowest BCUT2D eigenvalue weighted by atomic mass is 10.0. The molecule has 0 aliphatic carbocycles. The van der Waals surface area contributed by atoms with Crippen molar-refractivity contribution in [1.29, 1.82) is 0 Å². The van der Waals surface area contributed by atoms with E-state index < -0.39 is 0 Å². The first kappa shape index (κ1) is 14.0. The molecule has 100 valence electrons. The Morgan fingerprint density at radius 1 is 1.56 bits per heavy atom. The van der Waals surface area contributed by atoms with E-state index in [-0.39, 0.29) is 6.04 Å². The lowest BCUT2D eigenvalue weighted by Gasteiger charge is -2.18. The summed E-state index contributed by atoms with van der Waals surface area (Å²) in [5.41, 5.74) is 3.49. The second-order valence-corrected chi connectivity index (χ2v) is 5.30. The van der Waals surface area contributed by atoms with Crippen LogP contribution in [0.1, 0.15) is 37.4 Å². The minimum Gasteiger partial charge on any atom is -0.378 e.